The van der Waals surface area contributed by atoms with Crippen molar-refractivity contribution in [1.29, 1.82) is 0 Å². The predicted molar refractivity (Wildman–Crippen MR) is 100 cm³/mol. The van der Waals surface area contributed by atoms with Crippen molar-refractivity contribution < 1.29 is 14.4 Å². The molecule has 1 aliphatic rings. The molecule has 0 atom stereocenters. The van der Waals surface area contributed by atoms with Crippen LogP contribution in [0.25, 0.3) is 0 Å². The van der Waals surface area contributed by atoms with E-state index in [1.165, 1.54) is 37.9 Å². The first kappa shape index (κ1) is 17.5. The molecule has 4 heteroatoms. The summed E-state index contributed by atoms with van der Waals surface area (Å²) in [6, 6.07) is 15.5. The molecule has 0 bridgehead atoms. The smallest absolute Gasteiger partial charge is 0.255 e. The number of benzene rings is 2. The van der Waals surface area contributed by atoms with Gasteiger partial charge in [0.05, 0.1) is 19.7 Å². The molecule has 0 radical (unpaired) electrons. The summed E-state index contributed by atoms with van der Waals surface area (Å²) in [5, 5.41) is 2.96. The summed E-state index contributed by atoms with van der Waals surface area (Å²) in [6.07, 6.45) is 4.05. The van der Waals surface area contributed by atoms with Crippen molar-refractivity contribution >= 4 is 11.6 Å². The molecule has 0 aromatic heterocycles. The summed E-state index contributed by atoms with van der Waals surface area (Å²) >= 11 is 0. The SMILES string of the molecule is CCOc1cccc(C(=O)Nc2ccc(C[NH+]3CCCCC3)cc2)c1. The van der Waals surface area contributed by atoms with Crippen molar-refractivity contribution in [2.45, 2.75) is 32.7 Å². The summed E-state index contributed by atoms with van der Waals surface area (Å²) in [5.41, 5.74) is 2.75. The molecular formula is C21H27N2O2+. The van der Waals surface area contributed by atoms with Gasteiger partial charge in [-0.05, 0) is 56.5 Å². The van der Waals surface area contributed by atoms with Gasteiger partial charge in [0.25, 0.3) is 5.91 Å². The minimum atomic E-state index is -0.115. The second-order valence-electron chi connectivity index (χ2n) is 6.60. The van der Waals surface area contributed by atoms with E-state index in [0.717, 1.165) is 18.0 Å². The van der Waals surface area contributed by atoms with Crippen LogP contribution >= 0.6 is 0 Å². The first-order chi connectivity index (χ1) is 12.2. The van der Waals surface area contributed by atoms with E-state index >= 15 is 0 Å². The maximum absolute atomic E-state index is 12.4. The normalized spacial score (nSPS) is 14.9. The topological polar surface area (TPSA) is 42.8 Å². The monoisotopic (exact) mass is 339 g/mol. The number of carbonyl (C=O) groups excluding carboxylic acids is 1. The Morgan fingerprint density at radius 2 is 1.84 bits per heavy atom. The van der Waals surface area contributed by atoms with Gasteiger partial charge < -0.3 is 15.0 Å². The molecule has 2 N–H and O–H groups in total. The van der Waals surface area contributed by atoms with Gasteiger partial charge in [-0.3, -0.25) is 4.79 Å². The van der Waals surface area contributed by atoms with Crippen molar-refractivity contribution in [3.63, 3.8) is 0 Å². The second kappa shape index (κ2) is 8.67. The lowest BCUT2D eigenvalue weighted by molar-refractivity contribution is -0.918. The molecule has 0 spiro atoms. The minimum absolute atomic E-state index is 0.115. The average molecular weight is 339 g/mol. The molecule has 0 saturated carbocycles. The van der Waals surface area contributed by atoms with E-state index in [1.54, 1.807) is 17.0 Å². The fraction of sp³-hybridized carbons (Fsp3) is 0.381. The molecule has 2 aromatic carbocycles. The van der Waals surface area contributed by atoms with Crippen LogP contribution in [0.2, 0.25) is 0 Å². The van der Waals surface area contributed by atoms with Gasteiger partial charge in [-0.1, -0.05) is 18.2 Å². The third kappa shape index (κ3) is 5.07. The number of quaternary nitrogens is 1. The number of ether oxygens (including phenoxy) is 1. The van der Waals surface area contributed by atoms with Crippen LogP contribution in [0.1, 0.15) is 42.1 Å². The highest BCUT2D eigenvalue weighted by atomic mass is 16.5. The van der Waals surface area contributed by atoms with Gasteiger partial charge in [0.2, 0.25) is 0 Å². The van der Waals surface area contributed by atoms with Crippen LogP contribution in [0, 0.1) is 0 Å². The number of anilines is 1. The Morgan fingerprint density at radius 1 is 1.08 bits per heavy atom. The summed E-state index contributed by atoms with van der Waals surface area (Å²) in [4.78, 5) is 14.1. The van der Waals surface area contributed by atoms with Crippen LogP contribution in [0.3, 0.4) is 0 Å². The zero-order valence-electron chi connectivity index (χ0n) is 14.9. The highest BCUT2D eigenvalue weighted by Gasteiger charge is 2.14. The van der Waals surface area contributed by atoms with E-state index in [9.17, 15) is 4.79 Å². The van der Waals surface area contributed by atoms with Crippen molar-refractivity contribution in [2.24, 2.45) is 0 Å². The van der Waals surface area contributed by atoms with Gasteiger partial charge in [0, 0.05) is 16.8 Å². The van der Waals surface area contributed by atoms with E-state index < -0.39 is 0 Å². The molecule has 1 saturated heterocycles. The first-order valence-electron chi connectivity index (χ1n) is 9.21. The number of piperidine rings is 1. The number of nitrogens with one attached hydrogen (secondary N) is 2. The summed E-state index contributed by atoms with van der Waals surface area (Å²) in [7, 11) is 0. The standard InChI is InChI=1S/C21H26N2O2/c1-2-25-20-8-6-7-18(15-20)21(24)22-19-11-9-17(10-12-19)16-23-13-4-3-5-14-23/h6-12,15H,2-5,13-14,16H2,1H3,(H,22,24)/p+1. The maximum Gasteiger partial charge on any atom is 0.255 e. The zero-order valence-corrected chi connectivity index (χ0v) is 14.9. The highest BCUT2D eigenvalue weighted by Crippen LogP contribution is 2.16. The van der Waals surface area contributed by atoms with Crippen molar-refractivity contribution in [2.75, 3.05) is 25.0 Å². The van der Waals surface area contributed by atoms with Crippen molar-refractivity contribution in [3.8, 4) is 5.75 Å². The summed E-state index contributed by atoms with van der Waals surface area (Å²) in [6.45, 7) is 6.14. The van der Waals surface area contributed by atoms with Crippen LogP contribution in [0.5, 0.6) is 5.75 Å². The number of amides is 1. The molecule has 3 rings (SSSR count). The van der Waals surface area contributed by atoms with Crippen LogP contribution in [0.4, 0.5) is 5.69 Å². The molecule has 2 aromatic rings. The highest BCUT2D eigenvalue weighted by molar-refractivity contribution is 6.04. The quantitative estimate of drug-likeness (QED) is 0.850. The van der Waals surface area contributed by atoms with Gasteiger partial charge in [0.15, 0.2) is 0 Å². The van der Waals surface area contributed by atoms with Gasteiger partial charge in [0.1, 0.15) is 12.3 Å². The molecule has 0 unspecified atom stereocenters. The van der Waals surface area contributed by atoms with E-state index in [-0.39, 0.29) is 5.91 Å². The number of rotatable bonds is 6. The largest absolute Gasteiger partial charge is 0.494 e. The lowest BCUT2D eigenvalue weighted by Gasteiger charge is -2.23. The van der Waals surface area contributed by atoms with Gasteiger partial charge in [-0.25, -0.2) is 0 Å². The number of hydrogen-bond donors (Lipinski definition) is 2. The first-order valence-corrected chi connectivity index (χ1v) is 9.21. The van der Waals surface area contributed by atoms with E-state index in [0.29, 0.717) is 12.2 Å². The Kier molecular flexibility index (Phi) is 6.07. The fourth-order valence-electron chi connectivity index (χ4n) is 3.32. The molecule has 4 nitrogen and oxygen atoms in total. The molecule has 1 amide bonds. The molecule has 1 aliphatic heterocycles. The summed E-state index contributed by atoms with van der Waals surface area (Å²) in [5.74, 6) is 0.603. The van der Waals surface area contributed by atoms with E-state index in [1.807, 2.05) is 31.2 Å². The molecule has 25 heavy (non-hydrogen) atoms. The summed E-state index contributed by atoms with van der Waals surface area (Å²) < 4.78 is 5.45. The Labute approximate surface area is 149 Å². The molecule has 0 aliphatic carbocycles. The zero-order chi connectivity index (χ0) is 17.5. The molecular weight excluding hydrogens is 312 g/mol. The number of carbonyl (C=O) groups is 1. The molecule has 1 heterocycles. The minimum Gasteiger partial charge on any atom is -0.494 e. The Morgan fingerprint density at radius 3 is 2.56 bits per heavy atom. The lowest BCUT2D eigenvalue weighted by atomic mass is 10.1. The number of likely N-dealkylation sites (tertiary alicyclic amines) is 1. The lowest BCUT2D eigenvalue weighted by Crippen LogP contribution is -3.11. The van der Waals surface area contributed by atoms with Crippen LogP contribution in [-0.4, -0.2) is 25.6 Å². The van der Waals surface area contributed by atoms with Gasteiger partial charge in [-0.15, -0.1) is 0 Å². The Balaban J connectivity index is 1.58. The Hall–Kier alpha value is -2.33. The third-order valence-electron chi connectivity index (χ3n) is 4.63. The second-order valence-corrected chi connectivity index (χ2v) is 6.60. The fourth-order valence-corrected chi connectivity index (χ4v) is 3.32. The van der Waals surface area contributed by atoms with Gasteiger partial charge in [-0.2, -0.15) is 0 Å². The van der Waals surface area contributed by atoms with Crippen molar-refractivity contribution in [1.82, 2.24) is 0 Å². The van der Waals surface area contributed by atoms with Crippen LogP contribution in [-0.2, 0) is 6.54 Å². The molecule has 1 fully saturated rings. The predicted octanol–water partition coefficient (Wildman–Crippen LogP) is 2.91. The maximum atomic E-state index is 12.4. The van der Waals surface area contributed by atoms with E-state index in [2.05, 4.69) is 17.4 Å². The Bertz CT molecular complexity index is 691. The molecule has 132 valence electrons. The van der Waals surface area contributed by atoms with Gasteiger partial charge >= 0.3 is 0 Å². The number of hydrogen-bond acceptors (Lipinski definition) is 2. The van der Waals surface area contributed by atoms with E-state index in [4.69, 9.17) is 4.74 Å². The third-order valence-corrected chi connectivity index (χ3v) is 4.63. The van der Waals surface area contributed by atoms with Crippen molar-refractivity contribution in [3.05, 3.63) is 59.7 Å². The average Bonchev–Trinajstić information content (AvgIpc) is 2.65. The van der Waals surface area contributed by atoms with Crippen LogP contribution in [0.15, 0.2) is 48.5 Å². The van der Waals surface area contributed by atoms with Crippen LogP contribution < -0.4 is 15.0 Å².